The number of H-pyrrole nitrogens is 1. The molecule has 1 N–H and O–H groups in total. The van der Waals surface area contributed by atoms with E-state index in [9.17, 15) is 8.42 Å². The van der Waals surface area contributed by atoms with E-state index in [1.807, 2.05) is 43.3 Å². The van der Waals surface area contributed by atoms with Crippen molar-refractivity contribution < 1.29 is 8.42 Å². The Morgan fingerprint density at radius 1 is 1.32 bits per heavy atom. The van der Waals surface area contributed by atoms with Crippen LogP contribution in [0.15, 0.2) is 33.7 Å². The first kappa shape index (κ1) is 13.8. The molecular formula is C13H17N3O2S. The van der Waals surface area contributed by atoms with Crippen LogP contribution in [0.3, 0.4) is 0 Å². The second-order valence-corrected chi connectivity index (χ2v) is 6.25. The lowest BCUT2D eigenvalue weighted by molar-refractivity contribution is 0.413. The molecule has 0 atom stereocenters. The quantitative estimate of drug-likeness (QED) is 0.847. The fourth-order valence-electron chi connectivity index (χ4n) is 2.04. The van der Waals surface area contributed by atoms with Crippen molar-refractivity contribution in [3.63, 3.8) is 0 Å². The molecule has 0 aliphatic carbocycles. The number of nitrogens with zero attached hydrogens (tertiary/aromatic N) is 2. The fourth-order valence-corrected chi connectivity index (χ4v) is 2.94. The number of fused-ring (bicyclic) bond motifs is 1. The average Bonchev–Trinajstić information content (AvgIpc) is 2.75. The molecule has 0 bridgehead atoms. The van der Waals surface area contributed by atoms with Gasteiger partial charge in [-0.1, -0.05) is 18.2 Å². The number of benzene rings is 1. The minimum atomic E-state index is -3.70. The van der Waals surface area contributed by atoms with Crippen LogP contribution in [-0.4, -0.2) is 45.7 Å². The van der Waals surface area contributed by atoms with Gasteiger partial charge in [-0.05, 0) is 32.1 Å². The molecule has 0 saturated heterocycles. The van der Waals surface area contributed by atoms with Crippen LogP contribution >= 0.6 is 0 Å². The van der Waals surface area contributed by atoms with Gasteiger partial charge in [0.05, 0.1) is 0 Å². The summed E-state index contributed by atoms with van der Waals surface area (Å²) in [5, 5.41) is 1.08. The largest absolute Gasteiger partial charge is 0.344 e. The van der Waals surface area contributed by atoms with Gasteiger partial charge in [-0.3, -0.25) is 0 Å². The number of hydrogen-bond donors (Lipinski definition) is 1. The van der Waals surface area contributed by atoms with E-state index in [1.165, 1.54) is 0 Å². The molecule has 2 rings (SSSR count). The predicted molar refractivity (Wildman–Crippen MR) is 77.3 cm³/mol. The highest BCUT2D eigenvalue weighted by atomic mass is 32.2. The SMILES string of the molecule is C=NS(=O)(=O)c1[nH]c2ccccc2c1CCN(C)C. The molecule has 0 radical (unpaired) electrons. The Kier molecular flexibility index (Phi) is 3.73. The van der Waals surface area contributed by atoms with Crippen molar-refractivity contribution in [1.29, 1.82) is 0 Å². The highest BCUT2D eigenvalue weighted by Crippen LogP contribution is 2.27. The first-order valence-electron chi connectivity index (χ1n) is 5.93. The molecule has 1 heterocycles. The Balaban J connectivity index is 2.62. The number of likely N-dealkylation sites (N-methyl/N-ethyl adjacent to an activating group) is 1. The van der Waals surface area contributed by atoms with Crippen molar-refractivity contribution in [2.75, 3.05) is 20.6 Å². The molecule has 102 valence electrons. The van der Waals surface area contributed by atoms with Crippen LogP contribution in [0.5, 0.6) is 0 Å². The first-order valence-corrected chi connectivity index (χ1v) is 7.37. The van der Waals surface area contributed by atoms with Gasteiger partial charge in [0, 0.05) is 24.2 Å². The Morgan fingerprint density at radius 2 is 2.00 bits per heavy atom. The molecule has 1 aromatic carbocycles. The number of aromatic nitrogens is 1. The monoisotopic (exact) mass is 279 g/mol. The summed E-state index contributed by atoms with van der Waals surface area (Å²) in [6, 6.07) is 7.54. The highest BCUT2D eigenvalue weighted by Gasteiger charge is 2.21. The summed E-state index contributed by atoms with van der Waals surface area (Å²) < 4.78 is 27.2. The Labute approximate surface area is 113 Å². The van der Waals surface area contributed by atoms with Crippen molar-refractivity contribution in [1.82, 2.24) is 9.88 Å². The number of sulfonamides is 1. The lowest BCUT2D eigenvalue weighted by Crippen LogP contribution is -2.16. The van der Waals surface area contributed by atoms with Gasteiger partial charge in [-0.2, -0.15) is 12.8 Å². The third-order valence-electron chi connectivity index (χ3n) is 3.01. The molecule has 1 aromatic heterocycles. The molecule has 0 fully saturated rings. The van der Waals surface area contributed by atoms with E-state index in [0.717, 1.165) is 23.0 Å². The van der Waals surface area contributed by atoms with E-state index in [-0.39, 0.29) is 5.03 Å². The summed E-state index contributed by atoms with van der Waals surface area (Å²) in [5.41, 5.74) is 1.58. The van der Waals surface area contributed by atoms with Crippen LogP contribution in [-0.2, 0) is 16.4 Å². The van der Waals surface area contributed by atoms with E-state index in [2.05, 4.69) is 16.1 Å². The summed E-state index contributed by atoms with van der Waals surface area (Å²) in [5.74, 6) is 0. The molecule has 0 aliphatic rings. The highest BCUT2D eigenvalue weighted by molar-refractivity contribution is 7.90. The Hall–Kier alpha value is -1.66. The van der Waals surface area contributed by atoms with Crippen molar-refractivity contribution in [3.8, 4) is 0 Å². The summed E-state index contributed by atoms with van der Waals surface area (Å²) in [7, 11) is 0.208. The molecular weight excluding hydrogens is 262 g/mol. The fraction of sp³-hybridized carbons (Fsp3) is 0.308. The van der Waals surface area contributed by atoms with Gasteiger partial charge >= 0.3 is 0 Å². The maximum absolute atomic E-state index is 12.0. The number of hydrogen-bond acceptors (Lipinski definition) is 3. The number of rotatable bonds is 5. The smallest absolute Gasteiger partial charge is 0.297 e. The van der Waals surface area contributed by atoms with Crippen molar-refractivity contribution >= 4 is 27.6 Å². The second-order valence-electron chi connectivity index (χ2n) is 4.64. The van der Waals surface area contributed by atoms with E-state index in [1.54, 1.807) is 0 Å². The Morgan fingerprint density at radius 3 is 2.63 bits per heavy atom. The maximum atomic E-state index is 12.0. The third-order valence-corrected chi connectivity index (χ3v) is 4.22. The summed E-state index contributed by atoms with van der Waals surface area (Å²) in [6.45, 7) is 3.91. The molecule has 0 amide bonds. The minimum Gasteiger partial charge on any atom is -0.344 e. The van der Waals surface area contributed by atoms with Gasteiger partial charge in [0.2, 0.25) is 0 Å². The molecule has 19 heavy (non-hydrogen) atoms. The van der Waals surface area contributed by atoms with Gasteiger partial charge in [0.15, 0.2) is 5.03 Å². The van der Waals surface area contributed by atoms with Crippen LogP contribution in [0.2, 0.25) is 0 Å². The van der Waals surface area contributed by atoms with Gasteiger partial charge in [0.25, 0.3) is 10.0 Å². The molecule has 0 aliphatic heterocycles. The van der Waals surface area contributed by atoms with Crippen molar-refractivity contribution in [3.05, 3.63) is 29.8 Å². The zero-order chi connectivity index (χ0) is 14.0. The van der Waals surface area contributed by atoms with E-state index in [4.69, 9.17) is 0 Å². The number of aromatic amines is 1. The Bertz CT molecular complexity index is 702. The zero-order valence-electron chi connectivity index (χ0n) is 11.0. The van der Waals surface area contributed by atoms with E-state index < -0.39 is 10.0 Å². The predicted octanol–water partition coefficient (Wildman–Crippen LogP) is 1.66. The molecule has 0 spiro atoms. The lowest BCUT2D eigenvalue weighted by atomic mass is 10.1. The number of nitrogens with one attached hydrogen (secondary N) is 1. The molecule has 5 nitrogen and oxygen atoms in total. The molecule has 0 unspecified atom stereocenters. The van der Waals surface area contributed by atoms with Gasteiger partial charge in [-0.25, -0.2) is 0 Å². The zero-order valence-corrected chi connectivity index (χ0v) is 11.9. The van der Waals surface area contributed by atoms with Crippen LogP contribution in [0.25, 0.3) is 10.9 Å². The van der Waals surface area contributed by atoms with Gasteiger partial charge in [-0.15, -0.1) is 0 Å². The molecule has 0 saturated carbocycles. The molecule has 6 heteroatoms. The maximum Gasteiger partial charge on any atom is 0.297 e. The van der Waals surface area contributed by atoms with Gasteiger partial charge < -0.3 is 9.88 Å². The van der Waals surface area contributed by atoms with Crippen LogP contribution in [0.1, 0.15) is 5.56 Å². The second kappa shape index (κ2) is 5.14. The third kappa shape index (κ3) is 2.69. The summed E-state index contributed by atoms with van der Waals surface area (Å²) >= 11 is 0. The summed E-state index contributed by atoms with van der Waals surface area (Å²) in [4.78, 5) is 4.95. The van der Waals surface area contributed by atoms with E-state index >= 15 is 0 Å². The van der Waals surface area contributed by atoms with Crippen LogP contribution < -0.4 is 0 Å². The van der Waals surface area contributed by atoms with Crippen LogP contribution in [0.4, 0.5) is 0 Å². The minimum absolute atomic E-state index is 0.158. The van der Waals surface area contributed by atoms with Crippen LogP contribution in [0, 0.1) is 0 Å². The molecule has 2 aromatic rings. The average molecular weight is 279 g/mol. The van der Waals surface area contributed by atoms with Gasteiger partial charge in [0.1, 0.15) is 0 Å². The lowest BCUT2D eigenvalue weighted by Gasteiger charge is -2.09. The topological polar surface area (TPSA) is 65.5 Å². The van der Waals surface area contributed by atoms with E-state index in [0.29, 0.717) is 6.42 Å². The summed E-state index contributed by atoms with van der Waals surface area (Å²) in [6.07, 6.45) is 0.640. The normalized spacial score (nSPS) is 12.2. The first-order chi connectivity index (χ1) is 8.95. The van der Waals surface area contributed by atoms with Crippen molar-refractivity contribution in [2.45, 2.75) is 11.4 Å². The standard InChI is InChI=1S/C13H17N3O2S/c1-14-19(17,18)13-11(8-9-16(2)3)10-6-4-5-7-12(10)15-13/h4-7,15H,1,8-9H2,2-3H3. The number of para-hydroxylation sites is 1. The van der Waals surface area contributed by atoms with Crippen molar-refractivity contribution in [2.24, 2.45) is 4.40 Å².